The van der Waals surface area contributed by atoms with E-state index in [4.69, 9.17) is 0 Å². The Morgan fingerprint density at radius 2 is 1.86 bits per heavy atom. The molecule has 7 heteroatoms. The molecule has 0 fully saturated rings. The molecule has 28 heavy (non-hydrogen) atoms. The van der Waals surface area contributed by atoms with E-state index >= 15 is 0 Å². The highest BCUT2D eigenvalue weighted by Gasteiger charge is 2.15. The molecule has 1 N–H and O–H groups in total. The summed E-state index contributed by atoms with van der Waals surface area (Å²) in [5.41, 5.74) is 1.84. The zero-order valence-corrected chi connectivity index (χ0v) is 17.2. The number of rotatable bonds is 6. The molecule has 3 aromatic rings. The highest BCUT2D eigenvalue weighted by atomic mass is 32.1. The third-order valence-electron chi connectivity index (χ3n) is 4.55. The van der Waals surface area contributed by atoms with Crippen LogP contribution >= 0.6 is 11.3 Å². The van der Waals surface area contributed by atoms with Gasteiger partial charge in [-0.25, -0.2) is 4.98 Å². The average molecular weight is 398 g/mol. The summed E-state index contributed by atoms with van der Waals surface area (Å²) in [6, 6.07) is 6.71. The number of thiophene rings is 1. The summed E-state index contributed by atoms with van der Waals surface area (Å²) in [4.78, 5) is 43.2. The van der Waals surface area contributed by atoms with Crippen LogP contribution in [0.15, 0.2) is 35.4 Å². The van der Waals surface area contributed by atoms with Crippen LogP contribution in [0.3, 0.4) is 0 Å². The number of anilines is 1. The van der Waals surface area contributed by atoms with Gasteiger partial charge in [-0.2, -0.15) is 0 Å². The summed E-state index contributed by atoms with van der Waals surface area (Å²) in [5.74, 6) is 0.0371. The quantitative estimate of drug-likeness (QED) is 0.639. The SMILES string of the molecule is Cc1sc2ncn(CC(=O)c3ccc(NC(=O)CC(C)C)cc3)c(=O)c2c1C. The van der Waals surface area contributed by atoms with E-state index in [1.54, 1.807) is 24.3 Å². The van der Waals surface area contributed by atoms with Crippen molar-refractivity contribution in [2.75, 3.05) is 5.32 Å². The molecule has 1 aromatic carbocycles. The van der Waals surface area contributed by atoms with E-state index in [0.29, 0.717) is 27.9 Å². The maximum atomic E-state index is 12.7. The maximum Gasteiger partial charge on any atom is 0.262 e. The van der Waals surface area contributed by atoms with Gasteiger partial charge in [0.2, 0.25) is 5.91 Å². The number of aromatic nitrogens is 2. The molecule has 0 saturated heterocycles. The summed E-state index contributed by atoms with van der Waals surface area (Å²) in [7, 11) is 0. The van der Waals surface area contributed by atoms with Crippen LogP contribution < -0.4 is 10.9 Å². The number of fused-ring (bicyclic) bond motifs is 1. The third-order valence-corrected chi connectivity index (χ3v) is 5.67. The van der Waals surface area contributed by atoms with E-state index in [9.17, 15) is 14.4 Å². The predicted octanol–water partition coefficient (Wildman–Crippen LogP) is 3.94. The first-order valence-corrected chi connectivity index (χ1v) is 9.96. The topological polar surface area (TPSA) is 81.1 Å². The van der Waals surface area contributed by atoms with Gasteiger partial charge >= 0.3 is 0 Å². The largest absolute Gasteiger partial charge is 0.326 e. The molecule has 0 atom stereocenters. The Morgan fingerprint density at radius 3 is 2.50 bits per heavy atom. The molecule has 1 amide bonds. The highest BCUT2D eigenvalue weighted by molar-refractivity contribution is 7.18. The molecule has 0 aliphatic rings. The van der Waals surface area contributed by atoms with Crippen molar-refractivity contribution in [3.05, 3.63) is 57.0 Å². The van der Waals surface area contributed by atoms with Crippen molar-refractivity contribution in [2.45, 2.75) is 40.7 Å². The summed E-state index contributed by atoms with van der Waals surface area (Å²) in [6.45, 7) is 7.74. The molecule has 2 aromatic heterocycles. The minimum atomic E-state index is -0.197. The van der Waals surface area contributed by atoms with Crippen molar-refractivity contribution in [3.63, 3.8) is 0 Å². The highest BCUT2D eigenvalue weighted by Crippen LogP contribution is 2.25. The molecular weight excluding hydrogens is 374 g/mol. The lowest BCUT2D eigenvalue weighted by Crippen LogP contribution is -2.24. The molecule has 0 aliphatic heterocycles. The van der Waals surface area contributed by atoms with Crippen LogP contribution in [0.2, 0.25) is 0 Å². The number of Topliss-reactive ketones (excluding diaryl/α,β-unsaturated/α-hetero) is 1. The fourth-order valence-corrected chi connectivity index (χ4v) is 3.94. The van der Waals surface area contributed by atoms with Crippen LogP contribution in [0.1, 0.15) is 41.1 Å². The van der Waals surface area contributed by atoms with Gasteiger partial charge in [0.1, 0.15) is 4.83 Å². The first kappa shape index (κ1) is 19.9. The van der Waals surface area contributed by atoms with Crippen LogP contribution in [0.5, 0.6) is 0 Å². The number of aryl methyl sites for hydroxylation is 2. The van der Waals surface area contributed by atoms with Crippen molar-refractivity contribution < 1.29 is 9.59 Å². The first-order valence-electron chi connectivity index (χ1n) is 9.14. The van der Waals surface area contributed by atoms with Gasteiger partial charge in [-0.05, 0) is 49.6 Å². The molecule has 0 aliphatic carbocycles. The Kier molecular flexibility index (Phi) is 5.74. The number of nitrogens with one attached hydrogen (secondary N) is 1. The lowest BCUT2D eigenvalue weighted by atomic mass is 10.1. The number of amides is 1. The van der Waals surface area contributed by atoms with Crippen LogP contribution in [0, 0.1) is 19.8 Å². The number of carbonyl (C=O) groups excluding carboxylic acids is 2. The summed E-state index contributed by atoms with van der Waals surface area (Å²) < 4.78 is 1.35. The maximum absolute atomic E-state index is 12.7. The zero-order chi connectivity index (χ0) is 20.4. The molecule has 146 valence electrons. The van der Waals surface area contributed by atoms with Crippen LogP contribution in [-0.4, -0.2) is 21.2 Å². The molecule has 0 bridgehead atoms. The Morgan fingerprint density at radius 1 is 1.18 bits per heavy atom. The first-order chi connectivity index (χ1) is 13.3. The second-order valence-corrected chi connectivity index (χ2v) is 8.49. The molecule has 3 rings (SSSR count). The van der Waals surface area contributed by atoms with E-state index in [-0.39, 0.29) is 29.7 Å². The number of hydrogen-bond donors (Lipinski definition) is 1. The van der Waals surface area contributed by atoms with Gasteiger partial charge in [-0.15, -0.1) is 11.3 Å². The lowest BCUT2D eigenvalue weighted by Gasteiger charge is -2.08. The second kappa shape index (κ2) is 8.06. The molecular formula is C21H23N3O3S. The Bertz CT molecular complexity index is 1090. The van der Waals surface area contributed by atoms with Gasteiger partial charge in [-0.3, -0.25) is 19.0 Å². The van der Waals surface area contributed by atoms with Crippen LogP contribution in [0.4, 0.5) is 5.69 Å². The lowest BCUT2D eigenvalue weighted by molar-refractivity contribution is -0.116. The molecule has 6 nitrogen and oxygen atoms in total. The van der Waals surface area contributed by atoms with Crippen LogP contribution in [-0.2, 0) is 11.3 Å². The van der Waals surface area contributed by atoms with E-state index in [1.165, 1.54) is 22.2 Å². The zero-order valence-electron chi connectivity index (χ0n) is 16.4. The van der Waals surface area contributed by atoms with Crippen molar-refractivity contribution in [3.8, 4) is 0 Å². The standard InChI is InChI=1S/C21H23N3O3S/c1-12(2)9-18(26)23-16-7-5-15(6-8-16)17(25)10-24-11-22-20-19(21(24)27)13(3)14(4)28-20/h5-8,11-12H,9-10H2,1-4H3,(H,23,26). The van der Waals surface area contributed by atoms with Crippen LogP contribution in [0.25, 0.3) is 10.2 Å². The van der Waals surface area contributed by atoms with E-state index < -0.39 is 0 Å². The normalized spacial score (nSPS) is 11.2. The van der Waals surface area contributed by atoms with E-state index in [0.717, 1.165) is 10.4 Å². The van der Waals surface area contributed by atoms with Crippen molar-refractivity contribution in [1.82, 2.24) is 9.55 Å². The number of carbonyl (C=O) groups is 2. The second-order valence-electron chi connectivity index (χ2n) is 7.29. The van der Waals surface area contributed by atoms with Gasteiger partial charge < -0.3 is 5.32 Å². The van der Waals surface area contributed by atoms with Gasteiger partial charge in [0.25, 0.3) is 5.56 Å². The Balaban J connectivity index is 1.75. The fraction of sp³-hybridized carbons (Fsp3) is 0.333. The number of nitrogens with zero attached hydrogens (tertiary/aromatic N) is 2. The minimum Gasteiger partial charge on any atom is -0.326 e. The summed E-state index contributed by atoms with van der Waals surface area (Å²) >= 11 is 1.48. The summed E-state index contributed by atoms with van der Waals surface area (Å²) in [6.07, 6.45) is 1.87. The molecule has 2 heterocycles. The number of benzene rings is 1. The third kappa shape index (κ3) is 4.20. The monoisotopic (exact) mass is 397 g/mol. The Hall–Kier alpha value is -2.80. The van der Waals surface area contributed by atoms with Gasteiger partial charge in [0.05, 0.1) is 18.3 Å². The van der Waals surface area contributed by atoms with Gasteiger partial charge in [-0.1, -0.05) is 13.8 Å². The molecule has 0 saturated carbocycles. The Labute approximate surface area is 167 Å². The van der Waals surface area contributed by atoms with Crippen molar-refractivity contribution in [1.29, 1.82) is 0 Å². The van der Waals surface area contributed by atoms with Crippen molar-refractivity contribution >= 4 is 38.9 Å². The van der Waals surface area contributed by atoms with Crippen molar-refractivity contribution in [2.24, 2.45) is 5.92 Å². The van der Waals surface area contributed by atoms with E-state index in [2.05, 4.69) is 10.3 Å². The average Bonchev–Trinajstić information content (AvgIpc) is 2.92. The molecule has 0 spiro atoms. The minimum absolute atomic E-state index is 0.0542. The van der Waals surface area contributed by atoms with E-state index in [1.807, 2.05) is 27.7 Å². The van der Waals surface area contributed by atoms with Gasteiger partial charge in [0, 0.05) is 22.5 Å². The smallest absolute Gasteiger partial charge is 0.262 e. The molecule has 0 unspecified atom stereocenters. The molecule has 0 radical (unpaired) electrons. The number of ketones is 1. The van der Waals surface area contributed by atoms with Gasteiger partial charge in [0.15, 0.2) is 5.78 Å². The fourth-order valence-electron chi connectivity index (χ4n) is 2.95. The summed E-state index contributed by atoms with van der Waals surface area (Å²) in [5, 5.41) is 3.40. The number of hydrogen-bond acceptors (Lipinski definition) is 5. The predicted molar refractivity (Wildman–Crippen MR) is 112 cm³/mol.